The molecule has 0 atom stereocenters. The number of hydrogen-bond donors (Lipinski definition) is 0. The summed E-state index contributed by atoms with van der Waals surface area (Å²) in [7, 11) is 2.26. The van der Waals surface area contributed by atoms with Gasteiger partial charge >= 0.3 is 7.05 Å². The first kappa shape index (κ1) is 7.83. The monoisotopic (exact) mass is 161 g/mol. The zero-order valence-corrected chi connectivity index (χ0v) is 7.23. The third-order valence-electron chi connectivity index (χ3n) is 2.20. The highest BCUT2D eigenvalue weighted by Crippen LogP contribution is 2.02. The number of hydrogen-bond acceptors (Lipinski definition) is 2. The Balaban J connectivity index is 2.19. The standard InChI is InChI=1S/C9H12BNO/c1-11-7-8-12-10(11)9-5-3-2-4-6-9/h2-6H,7-8H2,1H3. The highest BCUT2D eigenvalue weighted by Gasteiger charge is 2.29. The predicted molar refractivity (Wildman–Crippen MR) is 50.4 cm³/mol. The molecule has 0 aromatic heterocycles. The third kappa shape index (κ3) is 1.38. The van der Waals surface area contributed by atoms with Gasteiger partial charge in [-0.15, -0.1) is 0 Å². The maximum absolute atomic E-state index is 5.58. The Morgan fingerprint density at radius 2 is 2.08 bits per heavy atom. The molecule has 1 aromatic rings. The van der Waals surface area contributed by atoms with Crippen molar-refractivity contribution >= 4 is 12.5 Å². The molecule has 3 heteroatoms. The molecular formula is C9H12BNO. The highest BCUT2D eigenvalue weighted by atomic mass is 16.5. The van der Waals surface area contributed by atoms with E-state index in [1.165, 1.54) is 5.46 Å². The molecule has 2 rings (SSSR count). The van der Waals surface area contributed by atoms with Crippen LogP contribution in [0.3, 0.4) is 0 Å². The lowest BCUT2D eigenvalue weighted by atomic mass is 9.73. The smallest absolute Gasteiger partial charge is 0.416 e. The number of rotatable bonds is 1. The van der Waals surface area contributed by atoms with Crippen molar-refractivity contribution in [2.75, 3.05) is 20.2 Å². The number of nitrogens with zero attached hydrogens (tertiary/aromatic N) is 1. The van der Waals surface area contributed by atoms with Gasteiger partial charge in [-0.25, -0.2) is 0 Å². The molecule has 1 aliphatic rings. The summed E-state index contributed by atoms with van der Waals surface area (Å²) in [4.78, 5) is 2.22. The van der Waals surface area contributed by atoms with Crippen molar-refractivity contribution in [2.45, 2.75) is 0 Å². The summed E-state index contributed by atoms with van der Waals surface area (Å²) in [5, 5.41) is 0. The van der Waals surface area contributed by atoms with Crippen LogP contribution in [0.5, 0.6) is 0 Å². The first-order valence-electron chi connectivity index (χ1n) is 4.25. The summed E-state index contributed by atoms with van der Waals surface area (Å²) in [5.41, 5.74) is 1.25. The lowest BCUT2D eigenvalue weighted by Gasteiger charge is -2.12. The fourth-order valence-corrected chi connectivity index (χ4v) is 1.52. The van der Waals surface area contributed by atoms with Crippen molar-refractivity contribution < 1.29 is 4.65 Å². The van der Waals surface area contributed by atoms with Gasteiger partial charge in [0.1, 0.15) is 0 Å². The van der Waals surface area contributed by atoms with Gasteiger partial charge in [0.15, 0.2) is 0 Å². The van der Waals surface area contributed by atoms with E-state index in [2.05, 4.69) is 24.0 Å². The lowest BCUT2D eigenvalue weighted by Crippen LogP contribution is -2.42. The minimum atomic E-state index is 0.172. The van der Waals surface area contributed by atoms with Gasteiger partial charge in [0.25, 0.3) is 0 Å². The minimum absolute atomic E-state index is 0.172. The number of likely N-dealkylation sites (N-methyl/N-ethyl adjacent to an activating group) is 1. The fourth-order valence-electron chi connectivity index (χ4n) is 1.52. The molecule has 0 bridgehead atoms. The van der Waals surface area contributed by atoms with Crippen LogP contribution in [0.4, 0.5) is 0 Å². The third-order valence-corrected chi connectivity index (χ3v) is 2.20. The molecule has 1 aromatic carbocycles. The van der Waals surface area contributed by atoms with Crippen LogP contribution in [0.2, 0.25) is 0 Å². The van der Waals surface area contributed by atoms with Crippen LogP contribution in [0.25, 0.3) is 0 Å². The quantitative estimate of drug-likeness (QED) is 0.551. The Kier molecular flexibility index (Phi) is 2.15. The van der Waals surface area contributed by atoms with Gasteiger partial charge in [0.2, 0.25) is 0 Å². The normalized spacial score (nSPS) is 18.6. The summed E-state index contributed by atoms with van der Waals surface area (Å²) in [5.74, 6) is 0. The average molecular weight is 161 g/mol. The van der Waals surface area contributed by atoms with E-state index in [4.69, 9.17) is 4.65 Å². The van der Waals surface area contributed by atoms with Crippen LogP contribution < -0.4 is 5.46 Å². The summed E-state index contributed by atoms with van der Waals surface area (Å²) in [6.07, 6.45) is 0. The first-order chi connectivity index (χ1) is 5.88. The Hall–Kier alpha value is -0.795. The van der Waals surface area contributed by atoms with Crippen LogP contribution in [-0.2, 0) is 4.65 Å². The Morgan fingerprint density at radius 3 is 2.67 bits per heavy atom. The van der Waals surface area contributed by atoms with Gasteiger partial charge < -0.3 is 9.47 Å². The fraction of sp³-hybridized carbons (Fsp3) is 0.333. The van der Waals surface area contributed by atoms with E-state index < -0.39 is 0 Å². The van der Waals surface area contributed by atoms with E-state index in [1.807, 2.05) is 18.2 Å². The molecule has 0 spiro atoms. The first-order valence-corrected chi connectivity index (χ1v) is 4.25. The summed E-state index contributed by atoms with van der Waals surface area (Å²) in [6.45, 7) is 1.87. The Morgan fingerprint density at radius 1 is 1.33 bits per heavy atom. The van der Waals surface area contributed by atoms with E-state index >= 15 is 0 Å². The van der Waals surface area contributed by atoms with Gasteiger partial charge in [0.05, 0.1) is 0 Å². The summed E-state index contributed by atoms with van der Waals surface area (Å²) < 4.78 is 5.58. The van der Waals surface area contributed by atoms with E-state index in [0.29, 0.717) is 0 Å². The average Bonchev–Trinajstić information content (AvgIpc) is 2.53. The maximum atomic E-state index is 5.58. The molecule has 1 fully saturated rings. The zero-order valence-electron chi connectivity index (χ0n) is 7.23. The zero-order chi connectivity index (χ0) is 8.39. The molecule has 0 radical (unpaired) electrons. The molecule has 1 aliphatic heterocycles. The summed E-state index contributed by atoms with van der Waals surface area (Å²) in [6, 6.07) is 10.3. The van der Waals surface area contributed by atoms with Crippen LogP contribution >= 0.6 is 0 Å². The molecule has 0 saturated carbocycles. The molecule has 2 nitrogen and oxygen atoms in total. The van der Waals surface area contributed by atoms with Crippen LogP contribution in [0.15, 0.2) is 30.3 Å². The van der Waals surface area contributed by atoms with Crippen molar-refractivity contribution in [1.29, 1.82) is 0 Å². The van der Waals surface area contributed by atoms with Crippen molar-refractivity contribution in [1.82, 2.24) is 4.81 Å². The molecule has 12 heavy (non-hydrogen) atoms. The Bertz CT molecular complexity index is 252. The van der Waals surface area contributed by atoms with E-state index in [1.54, 1.807) is 0 Å². The predicted octanol–water partition coefficient (Wildman–Crippen LogP) is 0.344. The highest BCUT2D eigenvalue weighted by molar-refractivity contribution is 6.65. The van der Waals surface area contributed by atoms with Crippen molar-refractivity contribution in [2.24, 2.45) is 0 Å². The summed E-state index contributed by atoms with van der Waals surface area (Å²) >= 11 is 0. The van der Waals surface area contributed by atoms with Gasteiger partial charge in [-0.3, -0.25) is 0 Å². The molecule has 1 saturated heterocycles. The van der Waals surface area contributed by atoms with E-state index in [-0.39, 0.29) is 7.05 Å². The number of benzene rings is 1. The second-order valence-electron chi connectivity index (χ2n) is 3.11. The topological polar surface area (TPSA) is 12.5 Å². The molecular weight excluding hydrogens is 149 g/mol. The largest absolute Gasteiger partial charge is 0.418 e. The van der Waals surface area contributed by atoms with E-state index in [9.17, 15) is 0 Å². The van der Waals surface area contributed by atoms with Crippen molar-refractivity contribution in [3.63, 3.8) is 0 Å². The minimum Gasteiger partial charge on any atom is -0.416 e. The van der Waals surface area contributed by atoms with Crippen LogP contribution in [0.1, 0.15) is 0 Å². The van der Waals surface area contributed by atoms with Gasteiger partial charge in [-0.1, -0.05) is 30.3 Å². The second kappa shape index (κ2) is 3.29. The SMILES string of the molecule is CN1CCOB1c1ccccc1. The van der Waals surface area contributed by atoms with Crippen molar-refractivity contribution in [3.05, 3.63) is 30.3 Å². The van der Waals surface area contributed by atoms with Crippen molar-refractivity contribution in [3.8, 4) is 0 Å². The maximum Gasteiger partial charge on any atom is 0.418 e. The van der Waals surface area contributed by atoms with Crippen LogP contribution in [0, 0.1) is 0 Å². The van der Waals surface area contributed by atoms with Gasteiger partial charge in [-0.05, 0) is 12.5 Å². The molecule has 0 aliphatic carbocycles. The van der Waals surface area contributed by atoms with E-state index in [0.717, 1.165) is 13.2 Å². The lowest BCUT2D eigenvalue weighted by molar-refractivity contribution is 0.376. The van der Waals surface area contributed by atoms with Gasteiger partial charge in [0, 0.05) is 13.2 Å². The van der Waals surface area contributed by atoms with Gasteiger partial charge in [-0.2, -0.15) is 0 Å². The Labute approximate surface area is 73.3 Å². The molecule has 0 unspecified atom stereocenters. The van der Waals surface area contributed by atoms with Crippen LogP contribution in [-0.4, -0.2) is 32.1 Å². The molecule has 0 N–H and O–H groups in total. The molecule has 0 amide bonds. The molecule has 1 heterocycles. The molecule has 62 valence electrons. The second-order valence-corrected chi connectivity index (χ2v) is 3.11.